The maximum Gasteiger partial charge on any atom is 0.194 e. The molecule has 2 aromatic rings. The standard InChI is InChI=1S/C19H29FN6O.HI/c1-5-9-21-19(22-10-11-26-14-23-24-18(26)6-2)25(3)13-15-7-8-17(27-4)16(20)12-15;/h7-8,12,14H,5-6,9-11,13H2,1-4H3,(H,21,22);1H. The SMILES string of the molecule is CCCN=C(NCCn1cnnc1CC)N(C)Cc1ccc(OC)c(F)c1.I. The number of rotatable bonds is 9. The number of aryl methyl sites for hydroxylation is 1. The van der Waals surface area contributed by atoms with Crippen molar-refractivity contribution >= 4 is 29.9 Å². The van der Waals surface area contributed by atoms with E-state index in [2.05, 4.69) is 34.4 Å². The summed E-state index contributed by atoms with van der Waals surface area (Å²) in [5.41, 5.74) is 0.855. The summed E-state index contributed by atoms with van der Waals surface area (Å²) in [7, 11) is 3.41. The number of hydrogen-bond acceptors (Lipinski definition) is 4. The Balaban J connectivity index is 0.00000392. The molecule has 0 aliphatic heterocycles. The van der Waals surface area contributed by atoms with E-state index in [1.807, 2.05) is 22.6 Å². The fraction of sp³-hybridized carbons (Fsp3) is 0.526. The van der Waals surface area contributed by atoms with Gasteiger partial charge in [-0.3, -0.25) is 4.99 Å². The van der Waals surface area contributed by atoms with Gasteiger partial charge in [-0.1, -0.05) is 19.9 Å². The zero-order valence-corrected chi connectivity index (χ0v) is 19.3. The lowest BCUT2D eigenvalue weighted by Crippen LogP contribution is -2.40. The van der Waals surface area contributed by atoms with Crippen LogP contribution in [0.1, 0.15) is 31.7 Å². The number of halogens is 2. The molecule has 0 aliphatic rings. The summed E-state index contributed by atoms with van der Waals surface area (Å²) in [5.74, 6) is 1.65. The number of methoxy groups -OCH3 is 1. The molecule has 28 heavy (non-hydrogen) atoms. The number of nitrogens with one attached hydrogen (secondary N) is 1. The third-order valence-electron chi connectivity index (χ3n) is 4.13. The van der Waals surface area contributed by atoms with E-state index in [0.717, 1.165) is 43.3 Å². The summed E-state index contributed by atoms with van der Waals surface area (Å²) < 4.78 is 20.9. The minimum absolute atomic E-state index is 0. The van der Waals surface area contributed by atoms with Crippen molar-refractivity contribution in [2.75, 3.05) is 27.2 Å². The Hall–Kier alpha value is -1.91. The van der Waals surface area contributed by atoms with Gasteiger partial charge < -0.3 is 19.5 Å². The van der Waals surface area contributed by atoms with E-state index in [9.17, 15) is 4.39 Å². The molecule has 0 saturated heterocycles. The fourth-order valence-electron chi connectivity index (χ4n) is 2.71. The van der Waals surface area contributed by atoms with Gasteiger partial charge in [0.1, 0.15) is 12.2 Å². The first-order chi connectivity index (χ1) is 13.1. The van der Waals surface area contributed by atoms with Crippen LogP contribution in [0.15, 0.2) is 29.5 Å². The minimum atomic E-state index is -0.358. The first kappa shape index (κ1) is 24.1. The zero-order chi connectivity index (χ0) is 19.6. The average Bonchev–Trinajstić information content (AvgIpc) is 3.12. The molecule has 1 heterocycles. The molecule has 1 N–H and O–H groups in total. The second kappa shape index (κ2) is 12.5. The van der Waals surface area contributed by atoms with Crippen molar-refractivity contribution in [3.8, 4) is 5.75 Å². The number of guanidine groups is 1. The van der Waals surface area contributed by atoms with Crippen LogP contribution in [-0.2, 0) is 19.5 Å². The van der Waals surface area contributed by atoms with E-state index in [-0.39, 0.29) is 35.5 Å². The molecule has 0 fully saturated rings. The predicted molar refractivity (Wildman–Crippen MR) is 120 cm³/mol. The van der Waals surface area contributed by atoms with E-state index < -0.39 is 0 Å². The molecule has 1 aromatic heterocycles. The number of nitrogens with zero attached hydrogens (tertiary/aromatic N) is 5. The first-order valence-corrected chi connectivity index (χ1v) is 9.27. The van der Waals surface area contributed by atoms with Crippen molar-refractivity contribution in [3.63, 3.8) is 0 Å². The monoisotopic (exact) mass is 504 g/mol. The lowest BCUT2D eigenvalue weighted by atomic mass is 10.2. The molecule has 0 atom stereocenters. The van der Waals surface area contributed by atoms with Gasteiger partial charge in [-0.15, -0.1) is 34.2 Å². The second-order valence-electron chi connectivity index (χ2n) is 6.25. The van der Waals surface area contributed by atoms with E-state index >= 15 is 0 Å². The summed E-state index contributed by atoms with van der Waals surface area (Å²) in [4.78, 5) is 6.62. The molecular formula is C19H30FIN6O. The number of aromatic nitrogens is 3. The van der Waals surface area contributed by atoms with Crippen LogP contribution in [0.3, 0.4) is 0 Å². The molecular weight excluding hydrogens is 474 g/mol. The average molecular weight is 504 g/mol. The molecule has 0 saturated carbocycles. The summed E-state index contributed by atoms with van der Waals surface area (Å²) in [6, 6.07) is 5.01. The Kier molecular flexibility index (Phi) is 10.8. The van der Waals surface area contributed by atoms with Gasteiger partial charge >= 0.3 is 0 Å². The lowest BCUT2D eigenvalue weighted by molar-refractivity contribution is 0.385. The summed E-state index contributed by atoms with van der Waals surface area (Å²) in [6.07, 6.45) is 3.55. The Bertz CT molecular complexity index is 752. The van der Waals surface area contributed by atoms with Gasteiger partial charge in [0.2, 0.25) is 0 Å². The van der Waals surface area contributed by atoms with Crippen molar-refractivity contribution in [2.45, 2.75) is 39.8 Å². The maximum absolute atomic E-state index is 13.9. The predicted octanol–water partition coefficient (Wildman–Crippen LogP) is 3.09. The molecule has 0 amide bonds. The number of benzene rings is 1. The summed E-state index contributed by atoms with van der Waals surface area (Å²) in [5, 5.41) is 11.4. The molecule has 1 aromatic carbocycles. The van der Waals surface area contributed by atoms with Crippen LogP contribution < -0.4 is 10.1 Å². The van der Waals surface area contributed by atoms with E-state index in [0.29, 0.717) is 13.1 Å². The van der Waals surface area contributed by atoms with Gasteiger partial charge in [0.15, 0.2) is 17.5 Å². The number of aliphatic imine (C=N–C) groups is 1. The topological polar surface area (TPSA) is 67.6 Å². The lowest BCUT2D eigenvalue weighted by Gasteiger charge is -2.23. The summed E-state index contributed by atoms with van der Waals surface area (Å²) >= 11 is 0. The van der Waals surface area contributed by atoms with Gasteiger partial charge in [0.05, 0.1) is 7.11 Å². The molecule has 156 valence electrons. The van der Waals surface area contributed by atoms with Crippen LogP contribution in [-0.4, -0.2) is 52.9 Å². The third kappa shape index (κ3) is 6.92. The number of hydrogen-bond donors (Lipinski definition) is 1. The highest BCUT2D eigenvalue weighted by atomic mass is 127. The quantitative estimate of drug-likeness (QED) is 0.323. The van der Waals surface area contributed by atoms with Crippen molar-refractivity contribution < 1.29 is 9.13 Å². The first-order valence-electron chi connectivity index (χ1n) is 9.27. The Labute approximate surface area is 183 Å². The maximum atomic E-state index is 13.9. The van der Waals surface area contributed by atoms with E-state index in [1.165, 1.54) is 13.2 Å². The smallest absolute Gasteiger partial charge is 0.194 e. The largest absolute Gasteiger partial charge is 0.494 e. The van der Waals surface area contributed by atoms with Crippen LogP contribution in [0.4, 0.5) is 4.39 Å². The third-order valence-corrected chi connectivity index (χ3v) is 4.13. The Morgan fingerprint density at radius 3 is 2.79 bits per heavy atom. The van der Waals surface area contributed by atoms with Crippen molar-refractivity contribution in [1.29, 1.82) is 0 Å². The molecule has 7 nitrogen and oxygen atoms in total. The Morgan fingerprint density at radius 1 is 1.36 bits per heavy atom. The van der Waals surface area contributed by atoms with Gasteiger partial charge in [-0.2, -0.15) is 0 Å². The van der Waals surface area contributed by atoms with Gasteiger partial charge in [-0.05, 0) is 24.1 Å². The highest BCUT2D eigenvalue weighted by Crippen LogP contribution is 2.18. The second-order valence-corrected chi connectivity index (χ2v) is 6.25. The van der Waals surface area contributed by atoms with Crippen LogP contribution >= 0.6 is 24.0 Å². The summed E-state index contributed by atoms with van der Waals surface area (Å²) in [6.45, 7) is 6.88. The van der Waals surface area contributed by atoms with Crippen molar-refractivity contribution in [1.82, 2.24) is 25.0 Å². The molecule has 0 unspecified atom stereocenters. The molecule has 0 spiro atoms. The van der Waals surface area contributed by atoms with Crippen LogP contribution in [0, 0.1) is 5.82 Å². The van der Waals surface area contributed by atoms with Crippen LogP contribution in [0.5, 0.6) is 5.75 Å². The van der Waals surface area contributed by atoms with E-state index in [1.54, 1.807) is 12.4 Å². The van der Waals surface area contributed by atoms with Crippen LogP contribution in [0.25, 0.3) is 0 Å². The van der Waals surface area contributed by atoms with Gasteiger partial charge in [0, 0.05) is 39.6 Å². The van der Waals surface area contributed by atoms with Crippen LogP contribution in [0.2, 0.25) is 0 Å². The fourth-order valence-corrected chi connectivity index (χ4v) is 2.71. The van der Waals surface area contributed by atoms with Crippen molar-refractivity contribution in [2.24, 2.45) is 4.99 Å². The molecule has 0 aliphatic carbocycles. The zero-order valence-electron chi connectivity index (χ0n) is 17.0. The van der Waals surface area contributed by atoms with Gasteiger partial charge in [0.25, 0.3) is 0 Å². The number of ether oxygens (including phenoxy) is 1. The molecule has 0 bridgehead atoms. The van der Waals surface area contributed by atoms with Gasteiger partial charge in [-0.25, -0.2) is 4.39 Å². The highest BCUT2D eigenvalue weighted by molar-refractivity contribution is 14.0. The molecule has 9 heteroatoms. The molecule has 2 rings (SSSR count). The Morgan fingerprint density at radius 2 is 2.14 bits per heavy atom. The van der Waals surface area contributed by atoms with Crippen molar-refractivity contribution in [3.05, 3.63) is 41.7 Å². The normalized spacial score (nSPS) is 11.1. The minimum Gasteiger partial charge on any atom is -0.494 e. The molecule has 0 radical (unpaired) electrons. The highest BCUT2D eigenvalue weighted by Gasteiger charge is 2.10. The van der Waals surface area contributed by atoms with E-state index in [4.69, 9.17) is 4.74 Å².